The van der Waals surface area contributed by atoms with E-state index in [1.54, 1.807) is 24.3 Å². The molecule has 1 heterocycles. The van der Waals surface area contributed by atoms with Crippen LogP contribution in [0.2, 0.25) is 10.0 Å². The number of likely N-dealkylation sites (tertiary alicyclic amines) is 1. The summed E-state index contributed by atoms with van der Waals surface area (Å²) in [6.45, 7) is 0.584. The molecule has 0 amide bonds. The average Bonchev–Trinajstić information content (AvgIpc) is 2.73. The van der Waals surface area contributed by atoms with E-state index < -0.39 is 27.7 Å². The van der Waals surface area contributed by atoms with Crippen molar-refractivity contribution >= 4 is 38.9 Å². The summed E-state index contributed by atoms with van der Waals surface area (Å²) in [5, 5.41) is 1.21. The Hall–Kier alpha value is -2.23. The first-order valence-electron chi connectivity index (χ1n) is 10.6. The summed E-state index contributed by atoms with van der Waals surface area (Å²) in [5.74, 6) is -2.03. The first-order valence-corrected chi connectivity index (χ1v) is 13.0. The molecule has 0 aliphatic carbocycles. The van der Waals surface area contributed by atoms with Crippen LogP contribution in [0.5, 0.6) is 0 Å². The van der Waals surface area contributed by atoms with Crippen LogP contribution in [0, 0.1) is 11.6 Å². The van der Waals surface area contributed by atoms with Crippen molar-refractivity contribution in [2.24, 2.45) is 5.73 Å². The zero-order valence-electron chi connectivity index (χ0n) is 18.0. The minimum atomic E-state index is -3.90. The molecule has 0 aromatic heterocycles. The van der Waals surface area contributed by atoms with Gasteiger partial charge in [0.2, 0.25) is 10.0 Å². The molecule has 1 saturated heterocycles. The molecule has 180 valence electrons. The smallest absolute Gasteiger partial charge is 0.236 e. The Balaban J connectivity index is 1.66. The molecule has 3 aromatic rings. The van der Waals surface area contributed by atoms with E-state index in [1.807, 2.05) is 24.3 Å². The molecule has 2 N–H and O–H groups in total. The predicted molar refractivity (Wildman–Crippen MR) is 132 cm³/mol. The average molecular weight is 526 g/mol. The number of nitrogens with two attached hydrogens (primary N) is 1. The van der Waals surface area contributed by atoms with Gasteiger partial charge in [0.15, 0.2) is 0 Å². The second-order valence-electron chi connectivity index (χ2n) is 8.14. The number of hydrogen-bond acceptors (Lipinski definition) is 4. The molecule has 5 nitrogen and oxygen atoms in total. The van der Waals surface area contributed by atoms with Crippen LogP contribution >= 0.6 is 23.2 Å². The number of sulfonamides is 1. The van der Waals surface area contributed by atoms with Gasteiger partial charge in [-0.15, -0.1) is 0 Å². The molecule has 1 aliphatic rings. The first-order chi connectivity index (χ1) is 16.2. The zero-order valence-corrected chi connectivity index (χ0v) is 20.4. The molecule has 34 heavy (non-hydrogen) atoms. The Morgan fingerprint density at radius 3 is 1.82 bits per heavy atom. The minimum Gasteiger partial charge on any atom is -0.329 e. The van der Waals surface area contributed by atoms with Crippen LogP contribution in [-0.2, 0) is 10.0 Å². The fourth-order valence-electron chi connectivity index (χ4n) is 4.26. The molecule has 4 rings (SSSR count). The van der Waals surface area contributed by atoms with Gasteiger partial charge in [-0.25, -0.2) is 17.2 Å². The van der Waals surface area contributed by atoms with Crippen LogP contribution in [-0.4, -0.2) is 44.7 Å². The molecule has 0 saturated carbocycles. The van der Waals surface area contributed by atoms with Crippen molar-refractivity contribution in [3.63, 3.8) is 0 Å². The van der Waals surface area contributed by atoms with E-state index in [2.05, 4.69) is 4.90 Å². The van der Waals surface area contributed by atoms with Gasteiger partial charge in [-0.2, -0.15) is 0 Å². The summed E-state index contributed by atoms with van der Waals surface area (Å²) in [4.78, 5) is 2.10. The van der Waals surface area contributed by atoms with Crippen LogP contribution in [0.4, 0.5) is 14.5 Å². The summed E-state index contributed by atoms with van der Waals surface area (Å²) in [6.07, 6.45) is 0. The summed E-state index contributed by atoms with van der Waals surface area (Å²) < 4.78 is 55.1. The Labute approximate surface area is 207 Å². The van der Waals surface area contributed by atoms with Crippen molar-refractivity contribution < 1.29 is 17.2 Å². The number of rotatable bonds is 8. The highest BCUT2D eigenvalue weighted by Crippen LogP contribution is 2.37. The topological polar surface area (TPSA) is 66.6 Å². The fraction of sp³-hybridized carbons (Fsp3) is 0.250. The normalized spacial score (nSPS) is 14.9. The molecule has 0 unspecified atom stereocenters. The lowest BCUT2D eigenvalue weighted by Gasteiger charge is -2.49. The standard InChI is InChI=1S/C24H23Cl2F2N3O2S/c25-18-5-1-16(2-6-18)24(17-3-7-19(26)8-4-17)30-14-23(15-30)31(34(32,33)10-9-29)22-12-20(27)11-21(28)13-22/h1-8,11-13,23-24H,9-10,14-15,29H2. The highest BCUT2D eigenvalue weighted by atomic mass is 35.5. The molecule has 1 aliphatic heterocycles. The highest BCUT2D eigenvalue weighted by Gasteiger charge is 2.41. The summed E-state index contributed by atoms with van der Waals surface area (Å²) in [6, 6.07) is 16.9. The minimum absolute atomic E-state index is 0.0508. The van der Waals surface area contributed by atoms with Crippen LogP contribution in [0.25, 0.3) is 0 Å². The van der Waals surface area contributed by atoms with Crippen molar-refractivity contribution in [1.82, 2.24) is 4.90 Å². The van der Waals surface area contributed by atoms with Gasteiger partial charge in [0, 0.05) is 35.7 Å². The number of hydrogen-bond donors (Lipinski definition) is 1. The van der Waals surface area contributed by atoms with Crippen LogP contribution < -0.4 is 10.0 Å². The van der Waals surface area contributed by atoms with Gasteiger partial charge < -0.3 is 5.73 Å². The molecule has 3 aromatic carbocycles. The second-order valence-corrected chi connectivity index (χ2v) is 11.0. The van der Waals surface area contributed by atoms with E-state index in [0.717, 1.165) is 27.6 Å². The summed E-state index contributed by atoms with van der Waals surface area (Å²) >= 11 is 12.1. The van der Waals surface area contributed by atoms with Crippen LogP contribution in [0.3, 0.4) is 0 Å². The maximum atomic E-state index is 13.9. The van der Waals surface area contributed by atoms with Gasteiger partial charge in [0.1, 0.15) is 11.6 Å². The van der Waals surface area contributed by atoms with E-state index in [-0.39, 0.29) is 24.0 Å². The molecule has 1 fully saturated rings. The van der Waals surface area contributed by atoms with Crippen LogP contribution in [0.15, 0.2) is 66.7 Å². The van der Waals surface area contributed by atoms with Gasteiger partial charge in [-0.1, -0.05) is 47.5 Å². The maximum absolute atomic E-state index is 13.9. The number of halogens is 4. The lowest BCUT2D eigenvalue weighted by Crippen LogP contribution is -2.62. The van der Waals surface area contributed by atoms with Crippen molar-refractivity contribution in [1.29, 1.82) is 0 Å². The third-order valence-electron chi connectivity index (χ3n) is 5.74. The van der Waals surface area contributed by atoms with E-state index in [9.17, 15) is 17.2 Å². The van der Waals surface area contributed by atoms with E-state index in [1.165, 1.54) is 0 Å². The van der Waals surface area contributed by atoms with E-state index in [0.29, 0.717) is 29.2 Å². The second kappa shape index (κ2) is 10.2. The van der Waals surface area contributed by atoms with Crippen molar-refractivity contribution in [3.8, 4) is 0 Å². The predicted octanol–water partition coefficient (Wildman–Crippen LogP) is 4.84. The van der Waals surface area contributed by atoms with Gasteiger partial charge in [-0.05, 0) is 47.5 Å². The summed E-state index contributed by atoms with van der Waals surface area (Å²) in [5.41, 5.74) is 7.41. The van der Waals surface area contributed by atoms with E-state index in [4.69, 9.17) is 28.9 Å². The molecule has 0 radical (unpaired) electrons. The van der Waals surface area contributed by atoms with Crippen molar-refractivity contribution in [2.45, 2.75) is 12.1 Å². The Morgan fingerprint density at radius 2 is 1.38 bits per heavy atom. The Kier molecular flexibility index (Phi) is 7.45. The molecule has 0 bridgehead atoms. The molecular weight excluding hydrogens is 503 g/mol. The lowest BCUT2D eigenvalue weighted by atomic mass is 9.93. The van der Waals surface area contributed by atoms with Crippen LogP contribution in [0.1, 0.15) is 17.2 Å². The SMILES string of the molecule is NCCS(=O)(=O)N(c1cc(F)cc(F)c1)C1CN(C(c2ccc(Cl)cc2)c2ccc(Cl)cc2)C1. The fourth-order valence-corrected chi connectivity index (χ4v) is 6.02. The third kappa shape index (κ3) is 5.37. The highest BCUT2D eigenvalue weighted by molar-refractivity contribution is 7.92. The lowest BCUT2D eigenvalue weighted by molar-refractivity contribution is 0.116. The zero-order chi connectivity index (χ0) is 24.5. The summed E-state index contributed by atoms with van der Waals surface area (Å²) in [7, 11) is -3.90. The van der Waals surface area contributed by atoms with Crippen molar-refractivity contribution in [2.75, 3.05) is 29.7 Å². The van der Waals surface area contributed by atoms with Gasteiger partial charge >= 0.3 is 0 Å². The molecular formula is C24H23Cl2F2N3O2S. The monoisotopic (exact) mass is 525 g/mol. The van der Waals surface area contributed by atoms with Gasteiger partial charge in [-0.3, -0.25) is 9.21 Å². The molecule has 10 heteroatoms. The maximum Gasteiger partial charge on any atom is 0.236 e. The molecule has 0 atom stereocenters. The van der Waals surface area contributed by atoms with Gasteiger partial charge in [0.05, 0.1) is 23.5 Å². The van der Waals surface area contributed by atoms with E-state index >= 15 is 0 Å². The third-order valence-corrected chi connectivity index (χ3v) is 8.10. The largest absolute Gasteiger partial charge is 0.329 e. The Bertz CT molecular complexity index is 1190. The molecule has 0 spiro atoms. The quantitative estimate of drug-likeness (QED) is 0.456. The Morgan fingerprint density at radius 1 is 0.912 bits per heavy atom. The van der Waals surface area contributed by atoms with Crippen molar-refractivity contribution in [3.05, 3.63) is 99.5 Å². The number of nitrogens with zero attached hydrogens (tertiary/aromatic N) is 2. The first kappa shape index (κ1) is 24.9. The van der Waals surface area contributed by atoms with Gasteiger partial charge in [0.25, 0.3) is 0 Å². The number of benzene rings is 3. The number of anilines is 1.